The Kier molecular flexibility index (Phi) is 7.01. The van der Waals surface area contributed by atoms with Crippen LogP contribution in [-0.4, -0.2) is 28.0 Å². The van der Waals surface area contributed by atoms with Crippen molar-refractivity contribution in [3.8, 4) is 0 Å². The van der Waals surface area contributed by atoms with Crippen LogP contribution in [0.2, 0.25) is 0 Å². The van der Waals surface area contributed by atoms with Gasteiger partial charge in [-0.25, -0.2) is 0 Å². The Morgan fingerprint density at radius 3 is 1.30 bits per heavy atom. The third kappa shape index (κ3) is 6.68. The van der Waals surface area contributed by atoms with Gasteiger partial charge in [0.1, 0.15) is 0 Å². The van der Waals surface area contributed by atoms with Gasteiger partial charge < -0.3 is 0 Å². The van der Waals surface area contributed by atoms with E-state index in [2.05, 4.69) is 86.9 Å². The fraction of sp³-hybridized carbons (Fsp3) is 0.400. The monoisotopic (exact) mass is 376 g/mol. The Balaban J connectivity index is 1.88. The molecule has 0 saturated carbocycles. The summed E-state index contributed by atoms with van der Waals surface area (Å²) in [5.74, 6) is 1.34. The summed E-state index contributed by atoms with van der Waals surface area (Å²) >= 11 is 0.368. The fourth-order valence-corrected chi connectivity index (χ4v) is 3.77. The average Bonchev–Trinajstić information content (AvgIpc) is 2.53. The molecule has 124 valence electrons. The molecule has 3 heteroatoms. The van der Waals surface area contributed by atoms with Gasteiger partial charge >= 0.3 is 147 Å². The summed E-state index contributed by atoms with van der Waals surface area (Å²) in [5.41, 5.74) is 2.43. The van der Waals surface area contributed by atoms with Gasteiger partial charge in [-0.3, -0.25) is 0 Å². The van der Waals surface area contributed by atoms with Crippen LogP contribution in [0.1, 0.15) is 27.7 Å². The predicted molar refractivity (Wildman–Crippen MR) is 105 cm³/mol. The molecule has 0 aromatic heterocycles. The van der Waals surface area contributed by atoms with Crippen molar-refractivity contribution in [1.82, 2.24) is 0 Å². The first-order valence-corrected chi connectivity index (χ1v) is 10.1. The van der Waals surface area contributed by atoms with Crippen LogP contribution in [0.15, 0.2) is 48.5 Å². The average molecular weight is 375 g/mol. The third-order valence-corrected chi connectivity index (χ3v) is 5.50. The molecule has 2 aromatic rings. The van der Waals surface area contributed by atoms with E-state index in [0.717, 1.165) is 13.1 Å². The quantitative estimate of drug-likeness (QED) is 0.691. The third-order valence-electron chi connectivity index (χ3n) is 3.37. The van der Waals surface area contributed by atoms with Crippen molar-refractivity contribution in [3.63, 3.8) is 0 Å². The van der Waals surface area contributed by atoms with Crippen LogP contribution in [0.4, 0.5) is 11.4 Å². The van der Waals surface area contributed by atoms with E-state index in [0.29, 0.717) is 26.8 Å². The van der Waals surface area contributed by atoms with Gasteiger partial charge in [0.15, 0.2) is 0 Å². The van der Waals surface area contributed by atoms with E-state index in [1.165, 1.54) is 20.3 Å². The van der Waals surface area contributed by atoms with Gasteiger partial charge in [-0.1, -0.05) is 0 Å². The maximum absolute atomic E-state index is 3.46. The summed E-state index contributed by atoms with van der Waals surface area (Å²) in [6, 6.07) is 17.7. The zero-order valence-electron chi connectivity index (χ0n) is 14.6. The van der Waals surface area contributed by atoms with Crippen LogP contribution in [-0.2, 0) is 0 Å². The van der Waals surface area contributed by atoms with Crippen molar-refractivity contribution in [2.45, 2.75) is 27.7 Å². The van der Waals surface area contributed by atoms with Gasteiger partial charge in [0.25, 0.3) is 0 Å². The number of hydrogen-bond acceptors (Lipinski definition) is 2. The molecule has 23 heavy (non-hydrogen) atoms. The van der Waals surface area contributed by atoms with Crippen molar-refractivity contribution in [3.05, 3.63) is 48.5 Å². The van der Waals surface area contributed by atoms with Crippen LogP contribution in [0, 0.1) is 11.8 Å². The summed E-state index contributed by atoms with van der Waals surface area (Å²) in [5, 5.41) is 6.93. The Morgan fingerprint density at radius 2 is 1.00 bits per heavy atom. The second-order valence-electron chi connectivity index (χ2n) is 6.70. The van der Waals surface area contributed by atoms with Gasteiger partial charge in [-0.15, -0.1) is 0 Å². The molecule has 0 saturated heterocycles. The Hall–Kier alpha value is -1.44. The molecule has 0 heterocycles. The molecule has 0 aliphatic rings. The van der Waals surface area contributed by atoms with E-state index in [9.17, 15) is 0 Å². The summed E-state index contributed by atoms with van der Waals surface area (Å²) < 4.78 is 2.82. The summed E-state index contributed by atoms with van der Waals surface area (Å²) in [4.78, 5) is 0. The molecule has 0 aliphatic heterocycles. The number of benzene rings is 2. The predicted octanol–water partition coefficient (Wildman–Crippen LogP) is 3.48. The summed E-state index contributed by atoms with van der Waals surface area (Å²) in [7, 11) is 0. The van der Waals surface area contributed by atoms with Crippen molar-refractivity contribution in [2.24, 2.45) is 11.8 Å². The van der Waals surface area contributed by atoms with E-state index in [4.69, 9.17) is 0 Å². The van der Waals surface area contributed by atoms with Crippen LogP contribution < -0.4 is 19.6 Å². The number of hydrogen-bond donors (Lipinski definition) is 2. The molecule has 0 radical (unpaired) electrons. The number of nitrogens with one attached hydrogen (secondary N) is 2. The van der Waals surface area contributed by atoms with Gasteiger partial charge in [0.05, 0.1) is 0 Å². The molecular formula is C20H28N2Se. The number of anilines is 2. The molecule has 2 rings (SSSR count). The maximum atomic E-state index is 3.46. The molecule has 0 amide bonds. The van der Waals surface area contributed by atoms with E-state index in [-0.39, 0.29) is 0 Å². The van der Waals surface area contributed by atoms with Crippen LogP contribution in [0.3, 0.4) is 0 Å². The zero-order chi connectivity index (χ0) is 16.7. The molecule has 0 aliphatic carbocycles. The van der Waals surface area contributed by atoms with Crippen LogP contribution in [0.25, 0.3) is 0 Å². The van der Waals surface area contributed by atoms with Gasteiger partial charge in [-0.2, -0.15) is 0 Å². The van der Waals surface area contributed by atoms with Gasteiger partial charge in [0.2, 0.25) is 0 Å². The normalized spacial score (nSPS) is 11.0. The first-order chi connectivity index (χ1) is 11.0. The first-order valence-electron chi connectivity index (χ1n) is 8.38. The topological polar surface area (TPSA) is 24.1 Å². The minimum atomic E-state index is 0.368. The fourth-order valence-electron chi connectivity index (χ4n) is 2.06. The van der Waals surface area contributed by atoms with Crippen LogP contribution in [0.5, 0.6) is 0 Å². The van der Waals surface area contributed by atoms with Gasteiger partial charge in [0, 0.05) is 0 Å². The molecule has 0 fully saturated rings. The Morgan fingerprint density at radius 1 is 0.652 bits per heavy atom. The summed E-state index contributed by atoms with van der Waals surface area (Å²) in [6.07, 6.45) is 0. The molecule has 2 aromatic carbocycles. The van der Waals surface area contributed by atoms with E-state index >= 15 is 0 Å². The molecule has 2 N–H and O–H groups in total. The molecule has 0 bridgehead atoms. The van der Waals surface area contributed by atoms with Crippen molar-refractivity contribution < 1.29 is 0 Å². The second kappa shape index (κ2) is 9.00. The second-order valence-corrected chi connectivity index (χ2v) is 9.11. The van der Waals surface area contributed by atoms with Crippen molar-refractivity contribution in [1.29, 1.82) is 0 Å². The molecule has 0 spiro atoms. The minimum absolute atomic E-state index is 0.368. The van der Waals surface area contributed by atoms with Crippen LogP contribution >= 0.6 is 0 Å². The first kappa shape index (κ1) is 17.9. The zero-order valence-corrected chi connectivity index (χ0v) is 16.3. The van der Waals surface area contributed by atoms with E-state index in [1.807, 2.05) is 0 Å². The van der Waals surface area contributed by atoms with Crippen molar-refractivity contribution in [2.75, 3.05) is 23.7 Å². The molecule has 2 nitrogen and oxygen atoms in total. The number of rotatable bonds is 8. The Labute approximate surface area is 147 Å². The summed E-state index contributed by atoms with van der Waals surface area (Å²) in [6.45, 7) is 11.0. The van der Waals surface area contributed by atoms with Crippen molar-refractivity contribution >= 4 is 35.3 Å². The molecular weight excluding hydrogens is 347 g/mol. The molecule has 0 unspecified atom stereocenters. The SMILES string of the molecule is CC(C)CNc1ccc([Se]c2ccc(NCC(C)C)cc2)cc1. The van der Waals surface area contributed by atoms with Gasteiger partial charge in [-0.05, 0) is 0 Å². The standard InChI is InChI=1S/C20H28N2Se/c1-15(2)13-21-17-5-9-19(10-6-17)23-20-11-7-18(8-12-20)22-14-16(3)4/h5-12,15-16,21-22H,13-14H2,1-4H3. The van der Waals surface area contributed by atoms with E-state index in [1.54, 1.807) is 0 Å². The molecule has 0 atom stereocenters. The Bertz CT molecular complexity index is 520. The van der Waals surface area contributed by atoms with E-state index < -0.39 is 0 Å².